The quantitative estimate of drug-likeness (QED) is 0.755. The van der Waals surface area contributed by atoms with E-state index < -0.39 is 0 Å². The third-order valence-electron chi connectivity index (χ3n) is 3.73. The van der Waals surface area contributed by atoms with Crippen LogP contribution in [0.3, 0.4) is 0 Å². The van der Waals surface area contributed by atoms with Crippen molar-refractivity contribution in [2.75, 3.05) is 6.61 Å². The number of aliphatic hydroxyl groups is 1. The van der Waals surface area contributed by atoms with E-state index in [2.05, 4.69) is 14.7 Å². The molecule has 1 atom stereocenters. The third-order valence-corrected chi connectivity index (χ3v) is 3.73. The van der Waals surface area contributed by atoms with Crippen molar-refractivity contribution in [1.29, 1.82) is 0 Å². The number of hydrogen-bond donors (Lipinski definition) is 2. The van der Waals surface area contributed by atoms with Crippen molar-refractivity contribution in [3.63, 3.8) is 0 Å². The molecule has 0 saturated carbocycles. The number of aliphatic hydroxyl groups excluding tert-OH is 1. The van der Waals surface area contributed by atoms with Gasteiger partial charge >= 0.3 is 0 Å². The molecule has 2 N–H and O–H groups in total. The van der Waals surface area contributed by atoms with E-state index in [9.17, 15) is 5.11 Å². The minimum atomic E-state index is -0.0696. The average molecular weight is 281 g/mol. The molecule has 0 bridgehead atoms. The van der Waals surface area contributed by atoms with E-state index in [1.54, 1.807) is 0 Å². The molecule has 0 fully saturated rings. The summed E-state index contributed by atoms with van der Waals surface area (Å²) in [7, 11) is 0. The number of rotatable bonds is 5. The van der Waals surface area contributed by atoms with Gasteiger partial charge in [-0.1, -0.05) is 36.4 Å². The van der Waals surface area contributed by atoms with Crippen LogP contribution in [0.1, 0.15) is 23.0 Å². The molecule has 21 heavy (non-hydrogen) atoms. The number of benzene rings is 1. The summed E-state index contributed by atoms with van der Waals surface area (Å²) in [5, 5.41) is 13.0. The Hall–Kier alpha value is -2.17. The summed E-state index contributed by atoms with van der Waals surface area (Å²) >= 11 is 0. The second kappa shape index (κ2) is 6.08. The van der Waals surface area contributed by atoms with E-state index in [4.69, 9.17) is 0 Å². The van der Waals surface area contributed by atoms with Crippen molar-refractivity contribution in [2.24, 2.45) is 0 Å². The Bertz CT molecular complexity index is 721. The largest absolute Gasteiger partial charge is 0.394 e. The minimum absolute atomic E-state index is 0.0692. The van der Waals surface area contributed by atoms with Crippen LogP contribution in [0.5, 0.6) is 0 Å². The molecule has 2 aromatic heterocycles. The van der Waals surface area contributed by atoms with Crippen LogP contribution in [0.2, 0.25) is 0 Å². The zero-order valence-corrected chi connectivity index (χ0v) is 12.0. The van der Waals surface area contributed by atoms with Gasteiger partial charge in [-0.2, -0.15) is 0 Å². The molecular weight excluding hydrogens is 262 g/mol. The second-order valence-electron chi connectivity index (χ2n) is 5.10. The molecule has 4 heteroatoms. The molecule has 0 spiro atoms. The standard InChI is InChI=1S/C17H19N3O/c1-13-16(20-10-6-5-9-17(20)19-13)11-18-15(12-21)14-7-3-2-4-8-14/h2-10,15,18,21H,11-12H2,1H3/t15-/m0/s1. The number of nitrogens with one attached hydrogen (secondary N) is 1. The highest BCUT2D eigenvalue weighted by atomic mass is 16.3. The SMILES string of the molecule is Cc1nc2ccccn2c1CN[C@@H](CO)c1ccccc1. The van der Waals surface area contributed by atoms with Gasteiger partial charge in [0.1, 0.15) is 5.65 Å². The predicted octanol–water partition coefficient (Wildman–Crippen LogP) is 2.47. The molecule has 0 saturated heterocycles. The molecule has 0 aliphatic carbocycles. The van der Waals surface area contributed by atoms with E-state index in [0.29, 0.717) is 6.54 Å². The molecule has 0 unspecified atom stereocenters. The third kappa shape index (κ3) is 2.82. The molecule has 3 rings (SSSR count). The lowest BCUT2D eigenvalue weighted by atomic mass is 10.1. The summed E-state index contributed by atoms with van der Waals surface area (Å²) in [6, 6.07) is 15.9. The van der Waals surface area contributed by atoms with Crippen molar-refractivity contribution >= 4 is 5.65 Å². The lowest BCUT2D eigenvalue weighted by molar-refractivity contribution is 0.243. The maximum absolute atomic E-state index is 9.61. The summed E-state index contributed by atoms with van der Waals surface area (Å²) in [5.41, 5.74) is 4.18. The van der Waals surface area contributed by atoms with Crippen LogP contribution in [-0.2, 0) is 6.54 Å². The number of pyridine rings is 1. The van der Waals surface area contributed by atoms with E-state index in [0.717, 1.165) is 22.6 Å². The van der Waals surface area contributed by atoms with Crippen molar-refractivity contribution in [3.8, 4) is 0 Å². The van der Waals surface area contributed by atoms with Crippen LogP contribution in [0.4, 0.5) is 0 Å². The smallest absolute Gasteiger partial charge is 0.137 e. The number of aryl methyl sites for hydroxylation is 1. The van der Waals surface area contributed by atoms with Crippen LogP contribution in [0.15, 0.2) is 54.7 Å². The molecule has 2 heterocycles. The first-order chi connectivity index (χ1) is 10.3. The summed E-state index contributed by atoms with van der Waals surface area (Å²) in [5.74, 6) is 0. The fourth-order valence-electron chi connectivity index (χ4n) is 2.57. The van der Waals surface area contributed by atoms with Gasteiger partial charge in [-0.25, -0.2) is 4.98 Å². The lowest BCUT2D eigenvalue weighted by Crippen LogP contribution is -2.24. The van der Waals surface area contributed by atoms with Gasteiger partial charge in [-0.05, 0) is 24.6 Å². The van der Waals surface area contributed by atoms with E-state index >= 15 is 0 Å². The fourth-order valence-corrected chi connectivity index (χ4v) is 2.57. The van der Waals surface area contributed by atoms with Gasteiger partial charge in [0.25, 0.3) is 0 Å². The molecule has 3 aromatic rings. The normalized spacial score (nSPS) is 12.7. The Kier molecular flexibility index (Phi) is 3.99. The van der Waals surface area contributed by atoms with Gasteiger partial charge in [0, 0.05) is 12.7 Å². The number of nitrogens with zero attached hydrogens (tertiary/aromatic N) is 2. The fraction of sp³-hybridized carbons (Fsp3) is 0.235. The highest BCUT2D eigenvalue weighted by molar-refractivity contribution is 5.42. The molecule has 0 amide bonds. The van der Waals surface area contributed by atoms with Crippen LogP contribution < -0.4 is 5.32 Å². The maximum atomic E-state index is 9.61. The van der Waals surface area contributed by atoms with Gasteiger partial charge in [0.2, 0.25) is 0 Å². The zero-order valence-electron chi connectivity index (χ0n) is 12.0. The first-order valence-electron chi connectivity index (χ1n) is 7.11. The molecule has 1 aromatic carbocycles. The van der Waals surface area contributed by atoms with Crippen LogP contribution in [0.25, 0.3) is 5.65 Å². The number of aromatic nitrogens is 2. The van der Waals surface area contributed by atoms with Crippen LogP contribution >= 0.6 is 0 Å². The highest BCUT2D eigenvalue weighted by Crippen LogP contribution is 2.15. The van der Waals surface area contributed by atoms with Crippen LogP contribution in [-0.4, -0.2) is 21.1 Å². The maximum Gasteiger partial charge on any atom is 0.137 e. The first kappa shape index (κ1) is 13.8. The minimum Gasteiger partial charge on any atom is -0.394 e. The van der Waals surface area contributed by atoms with E-state index in [1.807, 2.05) is 61.7 Å². The summed E-state index contributed by atoms with van der Waals surface area (Å²) in [6.45, 7) is 2.75. The number of hydrogen-bond acceptors (Lipinski definition) is 3. The Labute approximate surface area is 124 Å². The number of imidazole rings is 1. The molecular formula is C17H19N3O. The Balaban J connectivity index is 1.81. The van der Waals surface area contributed by atoms with Gasteiger partial charge in [0.15, 0.2) is 0 Å². The van der Waals surface area contributed by atoms with Crippen molar-refractivity contribution in [2.45, 2.75) is 19.5 Å². The Morgan fingerprint density at radius 3 is 2.67 bits per heavy atom. The van der Waals surface area contributed by atoms with Crippen molar-refractivity contribution in [3.05, 3.63) is 71.7 Å². The monoisotopic (exact) mass is 281 g/mol. The van der Waals surface area contributed by atoms with Gasteiger partial charge in [-0.15, -0.1) is 0 Å². The molecule has 0 aliphatic rings. The highest BCUT2D eigenvalue weighted by Gasteiger charge is 2.12. The summed E-state index contributed by atoms with van der Waals surface area (Å²) in [6.07, 6.45) is 2.02. The van der Waals surface area contributed by atoms with Gasteiger partial charge in [-0.3, -0.25) is 0 Å². The number of fused-ring (bicyclic) bond motifs is 1. The first-order valence-corrected chi connectivity index (χ1v) is 7.11. The molecule has 108 valence electrons. The predicted molar refractivity (Wildman–Crippen MR) is 83.0 cm³/mol. The molecule has 0 radical (unpaired) electrons. The topological polar surface area (TPSA) is 49.6 Å². The van der Waals surface area contributed by atoms with Crippen molar-refractivity contribution in [1.82, 2.24) is 14.7 Å². The lowest BCUT2D eigenvalue weighted by Gasteiger charge is -2.17. The average Bonchev–Trinajstić information content (AvgIpc) is 2.85. The Morgan fingerprint density at radius 2 is 1.90 bits per heavy atom. The van der Waals surface area contributed by atoms with Crippen LogP contribution in [0, 0.1) is 6.92 Å². The van der Waals surface area contributed by atoms with Gasteiger partial charge < -0.3 is 14.8 Å². The Morgan fingerprint density at radius 1 is 1.14 bits per heavy atom. The summed E-state index contributed by atoms with van der Waals surface area (Å²) in [4.78, 5) is 4.55. The van der Waals surface area contributed by atoms with Crippen molar-refractivity contribution < 1.29 is 5.11 Å². The second-order valence-corrected chi connectivity index (χ2v) is 5.10. The van der Waals surface area contributed by atoms with Gasteiger partial charge in [0.05, 0.1) is 24.0 Å². The molecule has 0 aliphatic heterocycles. The van der Waals surface area contributed by atoms with E-state index in [1.165, 1.54) is 0 Å². The zero-order chi connectivity index (χ0) is 14.7. The summed E-state index contributed by atoms with van der Waals surface area (Å²) < 4.78 is 2.09. The molecule has 4 nitrogen and oxygen atoms in total. The van der Waals surface area contributed by atoms with E-state index in [-0.39, 0.29) is 12.6 Å².